The van der Waals surface area contributed by atoms with Gasteiger partial charge in [-0.2, -0.15) is 0 Å². The highest BCUT2D eigenvalue weighted by molar-refractivity contribution is 5.79. The van der Waals surface area contributed by atoms with E-state index in [0.29, 0.717) is 13.1 Å². The summed E-state index contributed by atoms with van der Waals surface area (Å²) in [4.78, 5) is 20.1. The average Bonchev–Trinajstić information content (AvgIpc) is 2.80. The molecular formula is C24H21N5. The van der Waals surface area contributed by atoms with E-state index in [9.17, 15) is 0 Å². The molecule has 0 amide bonds. The number of benzene rings is 1. The lowest BCUT2D eigenvalue weighted by Crippen LogP contribution is -2.23. The van der Waals surface area contributed by atoms with Gasteiger partial charge in [0.05, 0.1) is 42.1 Å². The van der Waals surface area contributed by atoms with Gasteiger partial charge in [0, 0.05) is 24.3 Å². The maximum Gasteiger partial charge on any atom is 0.0812 e. The highest BCUT2D eigenvalue weighted by Crippen LogP contribution is 2.24. The molecule has 0 atom stereocenters. The fourth-order valence-corrected chi connectivity index (χ4v) is 2.98. The molecule has 0 aliphatic carbocycles. The van der Waals surface area contributed by atoms with Crippen LogP contribution in [0.3, 0.4) is 0 Å². The topological polar surface area (TPSA) is 54.3 Å². The van der Waals surface area contributed by atoms with Crippen LogP contribution in [-0.4, -0.2) is 21.2 Å². The molecule has 0 aliphatic rings. The zero-order chi connectivity index (χ0) is 19.7. The van der Waals surface area contributed by atoms with Crippen molar-refractivity contribution in [2.75, 3.05) is 4.90 Å². The first kappa shape index (κ1) is 18.5. The van der Waals surface area contributed by atoms with Crippen molar-refractivity contribution in [3.8, 4) is 0 Å². The summed E-state index contributed by atoms with van der Waals surface area (Å²) >= 11 is 0. The van der Waals surface area contributed by atoms with E-state index >= 15 is 0 Å². The number of aliphatic imine (C=N–C) groups is 1. The maximum absolute atomic E-state index is 4.59. The minimum absolute atomic E-state index is 0.685. The van der Waals surface area contributed by atoms with E-state index < -0.39 is 0 Å². The Kier molecular flexibility index (Phi) is 5.98. The first-order chi connectivity index (χ1) is 14.4. The number of pyridine rings is 3. The normalized spacial score (nSPS) is 10.9. The Bertz CT molecular complexity index is 1010. The van der Waals surface area contributed by atoms with Crippen LogP contribution in [-0.2, 0) is 13.1 Å². The first-order valence-electron chi connectivity index (χ1n) is 9.47. The van der Waals surface area contributed by atoms with Crippen LogP contribution in [0.2, 0.25) is 0 Å². The molecule has 0 aliphatic heterocycles. The molecular weight excluding hydrogens is 358 g/mol. The van der Waals surface area contributed by atoms with Crippen LogP contribution in [0.15, 0.2) is 102 Å². The quantitative estimate of drug-likeness (QED) is 0.432. The van der Waals surface area contributed by atoms with Gasteiger partial charge in [0.1, 0.15) is 0 Å². The molecule has 0 N–H and O–H groups in total. The summed E-state index contributed by atoms with van der Waals surface area (Å²) in [6.07, 6.45) is 7.18. The smallest absolute Gasteiger partial charge is 0.0812 e. The first-order valence-corrected chi connectivity index (χ1v) is 9.47. The number of nitrogens with zero attached hydrogens (tertiary/aromatic N) is 5. The monoisotopic (exact) mass is 379 g/mol. The van der Waals surface area contributed by atoms with Gasteiger partial charge in [-0.25, -0.2) is 0 Å². The van der Waals surface area contributed by atoms with Gasteiger partial charge in [0.2, 0.25) is 0 Å². The van der Waals surface area contributed by atoms with Crippen molar-refractivity contribution in [1.82, 2.24) is 15.0 Å². The summed E-state index contributed by atoms with van der Waals surface area (Å²) in [6.45, 7) is 1.37. The summed E-state index contributed by atoms with van der Waals surface area (Å²) in [5.74, 6) is 0. The average molecular weight is 379 g/mol. The summed E-state index contributed by atoms with van der Waals surface area (Å²) in [6, 6.07) is 25.9. The van der Waals surface area contributed by atoms with Crippen molar-refractivity contribution in [3.05, 3.63) is 115 Å². The number of hydrogen-bond acceptors (Lipinski definition) is 5. The van der Waals surface area contributed by atoms with E-state index in [0.717, 1.165) is 28.5 Å². The molecule has 4 aromatic rings. The molecule has 1 aromatic carbocycles. The van der Waals surface area contributed by atoms with Gasteiger partial charge >= 0.3 is 0 Å². The Balaban J connectivity index is 1.60. The lowest BCUT2D eigenvalue weighted by atomic mass is 10.2. The standard InChI is InChI=1S/C24H21N5/c1-4-13-25-21(8-1)17-28-20-11-7-12-24(16-20)29(18-22-9-2-5-14-26-22)19-23-10-3-6-15-27-23/h1-17H,18-19H2. The van der Waals surface area contributed by atoms with E-state index in [2.05, 4.69) is 37.0 Å². The Morgan fingerprint density at radius 1 is 0.690 bits per heavy atom. The fraction of sp³-hybridized carbons (Fsp3) is 0.0833. The number of anilines is 1. The van der Waals surface area contributed by atoms with E-state index in [1.54, 1.807) is 12.4 Å². The molecule has 0 saturated carbocycles. The van der Waals surface area contributed by atoms with Crippen LogP contribution in [0.25, 0.3) is 0 Å². The van der Waals surface area contributed by atoms with Gasteiger partial charge in [-0.05, 0) is 54.6 Å². The Labute approximate surface area is 170 Å². The summed E-state index contributed by atoms with van der Waals surface area (Å²) < 4.78 is 0. The van der Waals surface area contributed by atoms with Crippen molar-refractivity contribution in [2.24, 2.45) is 4.99 Å². The second-order valence-electron chi connectivity index (χ2n) is 6.53. The molecule has 3 aromatic heterocycles. The van der Waals surface area contributed by atoms with Crippen LogP contribution >= 0.6 is 0 Å². The highest BCUT2D eigenvalue weighted by Gasteiger charge is 2.10. The molecule has 4 rings (SSSR count). The molecule has 0 bridgehead atoms. The molecule has 0 spiro atoms. The van der Waals surface area contributed by atoms with E-state index in [4.69, 9.17) is 0 Å². The van der Waals surface area contributed by atoms with E-state index in [-0.39, 0.29) is 0 Å². The highest BCUT2D eigenvalue weighted by atomic mass is 15.1. The van der Waals surface area contributed by atoms with Crippen molar-refractivity contribution < 1.29 is 0 Å². The second-order valence-corrected chi connectivity index (χ2v) is 6.53. The van der Waals surface area contributed by atoms with Crippen LogP contribution < -0.4 is 4.90 Å². The molecule has 3 heterocycles. The summed E-state index contributed by atoms with van der Waals surface area (Å²) in [7, 11) is 0. The minimum Gasteiger partial charge on any atom is -0.360 e. The van der Waals surface area contributed by atoms with Crippen LogP contribution in [0, 0.1) is 0 Å². The molecule has 142 valence electrons. The zero-order valence-electron chi connectivity index (χ0n) is 16.0. The molecule has 0 unspecified atom stereocenters. The third-order valence-electron chi connectivity index (χ3n) is 4.39. The van der Waals surface area contributed by atoms with Gasteiger partial charge in [-0.3, -0.25) is 19.9 Å². The Hall–Kier alpha value is -3.86. The maximum atomic E-state index is 4.59. The van der Waals surface area contributed by atoms with Gasteiger partial charge in [0.15, 0.2) is 0 Å². The molecule has 5 heteroatoms. The fourth-order valence-electron chi connectivity index (χ4n) is 2.98. The molecule has 29 heavy (non-hydrogen) atoms. The molecule has 5 nitrogen and oxygen atoms in total. The largest absolute Gasteiger partial charge is 0.360 e. The van der Waals surface area contributed by atoms with Gasteiger partial charge in [0.25, 0.3) is 0 Å². The third kappa shape index (κ3) is 5.32. The van der Waals surface area contributed by atoms with Gasteiger partial charge in [-0.1, -0.05) is 24.3 Å². The van der Waals surface area contributed by atoms with Crippen LogP contribution in [0.4, 0.5) is 11.4 Å². The Morgan fingerprint density at radius 2 is 1.34 bits per heavy atom. The number of rotatable bonds is 7. The van der Waals surface area contributed by atoms with Crippen molar-refractivity contribution in [2.45, 2.75) is 13.1 Å². The van der Waals surface area contributed by atoms with E-state index in [1.807, 2.05) is 79.1 Å². The lowest BCUT2D eigenvalue weighted by molar-refractivity contribution is 0.765. The van der Waals surface area contributed by atoms with Crippen molar-refractivity contribution >= 4 is 17.6 Å². The summed E-state index contributed by atoms with van der Waals surface area (Å²) in [5.41, 5.74) is 4.78. The molecule has 0 saturated heterocycles. The SMILES string of the molecule is C(=Nc1cccc(N(Cc2ccccn2)Cc2ccccn2)c1)c1ccccn1. The van der Waals surface area contributed by atoms with Gasteiger partial charge in [-0.15, -0.1) is 0 Å². The predicted octanol–water partition coefficient (Wildman–Crippen LogP) is 4.83. The van der Waals surface area contributed by atoms with Crippen LogP contribution in [0.1, 0.15) is 17.1 Å². The molecule has 0 fully saturated rings. The van der Waals surface area contributed by atoms with E-state index in [1.165, 1.54) is 0 Å². The van der Waals surface area contributed by atoms with Crippen molar-refractivity contribution in [1.29, 1.82) is 0 Å². The summed E-state index contributed by atoms with van der Waals surface area (Å²) in [5, 5.41) is 0. The van der Waals surface area contributed by atoms with Crippen molar-refractivity contribution in [3.63, 3.8) is 0 Å². The second kappa shape index (κ2) is 9.37. The lowest BCUT2D eigenvalue weighted by Gasteiger charge is -2.24. The van der Waals surface area contributed by atoms with Gasteiger partial charge < -0.3 is 4.90 Å². The predicted molar refractivity (Wildman–Crippen MR) is 116 cm³/mol. The number of hydrogen-bond donors (Lipinski definition) is 0. The zero-order valence-corrected chi connectivity index (χ0v) is 16.0. The van der Waals surface area contributed by atoms with Crippen LogP contribution in [0.5, 0.6) is 0 Å². The molecule has 0 radical (unpaired) electrons. The Morgan fingerprint density at radius 3 is 1.93 bits per heavy atom. The minimum atomic E-state index is 0.685. The third-order valence-corrected chi connectivity index (χ3v) is 4.39. The number of aromatic nitrogens is 3.